The van der Waals surface area contributed by atoms with Gasteiger partial charge in [-0.15, -0.1) is 0 Å². The zero-order valence-electron chi connectivity index (χ0n) is 11.4. The van der Waals surface area contributed by atoms with E-state index in [1.54, 1.807) is 0 Å². The molecule has 0 aliphatic heterocycles. The first kappa shape index (κ1) is 13.4. The van der Waals surface area contributed by atoms with Gasteiger partial charge in [-0.3, -0.25) is 0 Å². The fourth-order valence-electron chi connectivity index (χ4n) is 3.62. The first-order valence-corrected chi connectivity index (χ1v) is 7.68. The molecule has 2 rings (SSSR count). The Bertz CT molecular complexity index is 213. The topological polar surface area (TPSA) is 35.2 Å². The fourth-order valence-corrected chi connectivity index (χ4v) is 3.62. The highest BCUT2D eigenvalue weighted by Gasteiger charge is 2.27. The zero-order chi connectivity index (χ0) is 12.1. The summed E-state index contributed by atoms with van der Waals surface area (Å²) >= 11 is 0. The number of hydrogen-bond acceptors (Lipinski definition) is 2. The highest BCUT2D eigenvalue weighted by atomic mass is 16.5. The molecule has 2 aliphatic rings. The molecule has 2 heteroatoms. The Kier molecular flexibility index (Phi) is 5.30. The molecule has 0 radical (unpaired) electrons. The number of rotatable bonds is 5. The summed E-state index contributed by atoms with van der Waals surface area (Å²) in [5.74, 6) is 1.53. The minimum Gasteiger partial charge on any atom is -0.376 e. The van der Waals surface area contributed by atoms with Crippen LogP contribution in [0.1, 0.15) is 64.7 Å². The average molecular weight is 239 g/mol. The summed E-state index contributed by atoms with van der Waals surface area (Å²) in [4.78, 5) is 0. The molecule has 0 aromatic heterocycles. The van der Waals surface area contributed by atoms with Gasteiger partial charge in [0, 0.05) is 6.04 Å². The van der Waals surface area contributed by atoms with E-state index in [4.69, 9.17) is 10.5 Å². The van der Waals surface area contributed by atoms with Gasteiger partial charge in [0.1, 0.15) is 0 Å². The van der Waals surface area contributed by atoms with Gasteiger partial charge in [0.05, 0.1) is 12.7 Å². The predicted octanol–water partition coefficient (Wildman–Crippen LogP) is 3.49. The molecule has 2 N–H and O–H groups in total. The summed E-state index contributed by atoms with van der Waals surface area (Å²) in [6.45, 7) is 3.09. The quantitative estimate of drug-likeness (QED) is 0.797. The smallest absolute Gasteiger partial charge is 0.0624 e. The van der Waals surface area contributed by atoms with Crippen LogP contribution in [0.25, 0.3) is 0 Å². The van der Waals surface area contributed by atoms with E-state index < -0.39 is 0 Å². The number of hydrogen-bond donors (Lipinski definition) is 1. The lowest BCUT2D eigenvalue weighted by Gasteiger charge is -2.32. The third kappa shape index (κ3) is 3.69. The van der Waals surface area contributed by atoms with Crippen molar-refractivity contribution in [3.05, 3.63) is 0 Å². The molecule has 2 nitrogen and oxygen atoms in total. The van der Waals surface area contributed by atoms with Crippen molar-refractivity contribution in [2.24, 2.45) is 17.6 Å². The van der Waals surface area contributed by atoms with Gasteiger partial charge in [0.15, 0.2) is 0 Å². The lowest BCUT2D eigenvalue weighted by atomic mass is 9.84. The maximum atomic E-state index is 6.26. The van der Waals surface area contributed by atoms with E-state index >= 15 is 0 Å². The third-order valence-corrected chi connectivity index (χ3v) is 4.87. The molecule has 0 saturated heterocycles. The maximum absolute atomic E-state index is 6.26. The highest BCUT2D eigenvalue weighted by molar-refractivity contribution is 4.80. The Morgan fingerprint density at radius 3 is 2.41 bits per heavy atom. The summed E-state index contributed by atoms with van der Waals surface area (Å²) in [5.41, 5.74) is 6.26. The van der Waals surface area contributed by atoms with Crippen molar-refractivity contribution in [2.45, 2.75) is 76.9 Å². The number of ether oxygens (including phenoxy) is 1. The van der Waals surface area contributed by atoms with E-state index in [1.165, 1.54) is 57.8 Å². The van der Waals surface area contributed by atoms with Crippen LogP contribution < -0.4 is 5.73 Å². The molecule has 3 atom stereocenters. The first-order chi connectivity index (χ1) is 8.31. The van der Waals surface area contributed by atoms with Gasteiger partial charge in [0.2, 0.25) is 0 Å². The lowest BCUT2D eigenvalue weighted by Crippen LogP contribution is -2.37. The van der Waals surface area contributed by atoms with Crippen LogP contribution >= 0.6 is 0 Å². The monoisotopic (exact) mass is 239 g/mol. The standard InChI is InChI=1S/C15H29NO/c1-2-12-7-5-6-10-15(12)17-11-14(16)13-8-3-4-9-13/h12-15H,2-11,16H2,1H3. The van der Waals surface area contributed by atoms with Crippen LogP contribution in [0, 0.1) is 11.8 Å². The lowest BCUT2D eigenvalue weighted by molar-refractivity contribution is -0.0230. The van der Waals surface area contributed by atoms with E-state index in [9.17, 15) is 0 Å². The molecule has 0 bridgehead atoms. The Balaban J connectivity index is 1.72. The van der Waals surface area contributed by atoms with E-state index in [1.807, 2.05) is 0 Å². The molecule has 2 saturated carbocycles. The summed E-state index contributed by atoms with van der Waals surface area (Å²) < 4.78 is 6.14. The molecule has 2 aliphatic carbocycles. The molecule has 3 unspecified atom stereocenters. The average Bonchev–Trinajstić information content (AvgIpc) is 2.90. The Hall–Kier alpha value is -0.0800. The van der Waals surface area contributed by atoms with Crippen LogP contribution in [0.15, 0.2) is 0 Å². The second-order valence-corrected chi connectivity index (χ2v) is 6.03. The molecule has 17 heavy (non-hydrogen) atoms. The molecule has 0 heterocycles. The third-order valence-electron chi connectivity index (χ3n) is 4.87. The maximum Gasteiger partial charge on any atom is 0.0624 e. The molecule has 0 spiro atoms. The van der Waals surface area contributed by atoms with Crippen molar-refractivity contribution in [3.8, 4) is 0 Å². The minimum atomic E-state index is 0.289. The molecule has 0 amide bonds. The molecule has 0 aromatic rings. The van der Waals surface area contributed by atoms with Crippen molar-refractivity contribution in [1.82, 2.24) is 0 Å². The Morgan fingerprint density at radius 2 is 1.71 bits per heavy atom. The van der Waals surface area contributed by atoms with E-state index in [0.717, 1.165) is 18.4 Å². The van der Waals surface area contributed by atoms with Crippen molar-refractivity contribution in [2.75, 3.05) is 6.61 Å². The highest BCUT2D eigenvalue weighted by Crippen LogP contribution is 2.31. The Labute approximate surface area is 106 Å². The predicted molar refractivity (Wildman–Crippen MR) is 71.9 cm³/mol. The van der Waals surface area contributed by atoms with Gasteiger partial charge in [0.25, 0.3) is 0 Å². The zero-order valence-corrected chi connectivity index (χ0v) is 11.4. The Morgan fingerprint density at radius 1 is 1.06 bits per heavy atom. The molecule has 100 valence electrons. The fraction of sp³-hybridized carbons (Fsp3) is 1.00. The van der Waals surface area contributed by atoms with Crippen LogP contribution in [0.3, 0.4) is 0 Å². The van der Waals surface area contributed by atoms with Gasteiger partial charge < -0.3 is 10.5 Å². The van der Waals surface area contributed by atoms with Crippen LogP contribution in [0.4, 0.5) is 0 Å². The summed E-state index contributed by atoms with van der Waals surface area (Å²) in [5, 5.41) is 0. The second-order valence-electron chi connectivity index (χ2n) is 6.03. The van der Waals surface area contributed by atoms with Crippen LogP contribution in [0.2, 0.25) is 0 Å². The minimum absolute atomic E-state index is 0.289. The van der Waals surface area contributed by atoms with Crippen molar-refractivity contribution < 1.29 is 4.74 Å². The van der Waals surface area contributed by atoms with Gasteiger partial charge in [-0.2, -0.15) is 0 Å². The van der Waals surface area contributed by atoms with Crippen LogP contribution in [-0.2, 0) is 4.74 Å². The van der Waals surface area contributed by atoms with Gasteiger partial charge >= 0.3 is 0 Å². The number of nitrogens with two attached hydrogens (primary N) is 1. The van der Waals surface area contributed by atoms with E-state index in [-0.39, 0.29) is 6.04 Å². The van der Waals surface area contributed by atoms with Crippen LogP contribution in [0.5, 0.6) is 0 Å². The van der Waals surface area contributed by atoms with Gasteiger partial charge in [-0.1, -0.05) is 39.0 Å². The normalized spacial score (nSPS) is 32.8. The van der Waals surface area contributed by atoms with Crippen LogP contribution in [-0.4, -0.2) is 18.8 Å². The van der Waals surface area contributed by atoms with E-state index in [2.05, 4.69) is 6.92 Å². The van der Waals surface area contributed by atoms with Crippen molar-refractivity contribution in [3.63, 3.8) is 0 Å². The summed E-state index contributed by atoms with van der Waals surface area (Å²) in [6, 6.07) is 0.289. The molecule has 0 aromatic carbocycles. The van der Waals surface area contributed by atoms with Crippen molar-refractivity contribution in [1.29, 1.82) is 0 Å². The summed E-state index contributed by atoms with van der Waals surface area (Å²) in [7, 11) is 0. The molecule has 2 fully saturated rings. The second kappa shape index (κ2) is 6.75. The first-order valence-electron chi connectivity index (χ1n) is 7.68. The van der Waals surface area contributed by atoms with Gasteiger partial charge in [-0.05, 0) is 37.5 Å². The summed E-state index contributed by atoms with van der Waals surface area (Å²) in [6.07, 6.45) is 12.5. The van der Waals surface area contributed by atoms with Crippen molar-refractivity contribution >= 4 is 0 Å². The largest absolute Gasteiger partial charge is 0.376 e. The van der Waals surface area contributed by atoms with Gasteiger partial charge in [-0.25, -0.2) is 0 Å². The van der Waals surface area contributed by atoms with E-state index in [0.29, 0.717) is 6.10 Å². The molecular weight excluding hydrogens is 210 g/mol. The molecular formula is C15H29NO. The SMILES string of the molecule is CCC1CCCCC1OCC(N)C1CCCC1.